The molecular formula is C27H32N2O6. The molecule has 0 aromatic heterocycles. The van der Waals surface area contributed by atoms with Gasteiger partial charge in [0.1, 0.15) is 23.7 Å². The summed E-state index contributed by atoms with van der Waals surface area (Å²) >= 11 is 0. The SMILES string of the molecule is COc1ccccc1CNC(=O)C[C@H]1C[C@H]2c3cc(NC(=O)CC4CC4)ccc3O[C@H]2[C@H](CO)O1. The van der Waals surface area contributed by atoms with Gasteiger partial charge in [-0.1, -0.05) is 18.2 Å². The number of ether oxygens (including phenoxy) is 3. The van der Waals surface area contributed by atoms with Crippen LogP contribution in [0.25, 0.3) is 0 Å². The molecule has 0 unspecified atom stereocenters. The van der Waals surface area contributed by atoms with E-state index in [0.29, 0.717) is 25.3 Å². The number of carbonyl (C=O) groups excluding carboxylic acids is 2. The maximum atomic E-state index is 12.7. The minimum Gasteiger partial charge on any atom is -0.496 e. The minimum absolute atomic E-state index is 0.0248. The molecule has 0 radical (unpaired) electrons. The van der Waals surface area contributed by atoms with E-state index in [9.17, 15) is 14.7 Å². The Morgan fingerprint density at radius 1 is 1.11 bits per heavy atom. The molecule has 8 nitrogen and oxygen atoms in total. The summed E-state index contributed by atoms with van der Waals surface area (Å²) in [6.07, 6.45) is 2.40. The van der Waals surface area contributed by atoms with Gasteiger partial charge in [-0.3, -0.25) is 9.59 Å². The first-order valence-electron chi connectivity index (χ1n) is 12.3. The number of hydrogen-bond donors (Lipinski definition) is 3. The summed E-state index contributed by atoms with van der Waals surface area (Å²) in [5.41, 5.74) is 2.63. The van der Waals surface area contributed by atoms with Gasteiger partial charge in [0.15, 0.2) is 0 Å². The largest absolute Gasteiger partial charge is 0.496 e. The summed E-state index contributed by atoms with van der Waals surface area (Å²) < 4.78 is 17.5. The van der Waals surface area contributed by atoms with Crippen molar-refractivity contribution in [3.05, 3.63) is 53.6 Å². The lowest BCUT2D eigenvalue weighted by atomic mass is 9.84. The van der Waals surface area contributed by atoms with Crippen LogP contribution in [-0.2, 0) is 20.9 Å². The highest BCUT2D eigenvalue weighted by atomic mass is 16.6. The highest BCUT2D eigenvalue weighted by Gasteiger charge is 2.46. The molecule has 1 aliphatic carbocycles. The smallest absolute Gasteiger partial charge is 0.224 e. The molecule has 186 valence electrons. The molecule has 3 aliphatic rings. The second kappa shape index (κ2) is 10.3. The number of carbonyl (C=O) groups is 2. The number of fused-ring (bicyclic) bond motifs is 3. The summed E-state index contributed by atoms with van der Waals surface area (Å²) in [7, 11) is 1.60. The average molecular weight is 481 g/mol. The van der Waals surface area contributed by atoms with Crippen molar-refractivity contribution in [2.24, 2.45) is 5.92 Å². The first-order valence-corrected chi connectivity index (χ1v) is 12.3. The Hall–Kier alpha value is -3.10. The van der Waals surface area contributed by atoms with Gasteiger partial charge in [0, 0.05) is 35.7 Å². The number of anilines is 1. The molecule has 2 aliphatic heterocycles. The standard InChI is InChI=1S/C27H32N2O6/c1-33-22-5-3-2-4-17(22)14-28-25(31)13-19-12-21-20-11-18(29-26(32)10-16-6-7-16)8-9-23(20)35-27(21)24(15-30)34-19/h2-5,8-9,11,16,19,21,24,27,30H,6-7,10,12-15H2,1H3,(H,28,31)(H,29,32)/t19-,21+,24+,27-/m1/s1. The van der Waals surface area contributed by atoms with Crippen LogP contribution in [0.4, 0.5) is 5.69 Å². The predicted octanol–water partition coefficient (Wildman–Crippen LogP) is 3.13. The van der Waals surface area contributed by atoms with Crippen molar-refractivity contribution in [1.29, 1.82) is 0 Å². The monoisotopic (exact) mass is 480 g/mol. The number of methoxy groups -OCH3 is 1. The van der Waals surface area contributed by atoms with Crippen molar-refractivity contribution in [3.8, 4) is 11.5 Å². The third-order valence-corrected chi connectivity index (χ3v) is 7.04. The Labute approximate surface area is 205 Å². The van der Waals surface area contributed by atoms with Gasteiger partial charge in [-0.2, -0.15) is 0 Å². The van der Waals surface area contributed by atoms with Crippen molar-refractivity contribution < 1.29 is 28.9 Å². The lowest BCUT2D eigenvalue weighted by Gasteiger charge is -2.37. The second-order valence-electron chi connectivity index (χ2n) is 9.64. The maximum absolute atomic E-state index is 12.7. The normalized spacial score (nSPS) is 24.6. The lowest BCUT2D eigenvalue weighted by Crippen LogP contribution is -2.47. The van der Waals surface area contributed by atoms with Crippen molar-refractivity contribution >= 4 is 17.5 Å². The predicted molar refractivity (Wildman–Crippen MR) is 129 cm³/mol. The van der Waals surface area contributed by atoms with E-state index in [4.69, 9.17) is 14.2 Å². The summed E-state index contributed by atoms with van der Waals surface area (Å²) in [6, 6.07) is 13.2. The quantitative estimate of drug-likeness (QED) is 0.509. The summed E-state index contributed by atoms with van der Waals surface area (Å²) in [5, 5.41) is 15.9. The van der Waals surface area contributed by atoms with Crippen LogP contribution in [0.2, 0.25) is 0 Å². The highest BCUT2D eigenvalue weighted by molar-refractivity contribution is 5.91. The zero-order valence-electron chi connectivity index (χ0n) is 19.9. The molecule has 2 amide bonds. The van der Waals surface area contributed by atoms with Crippen molar-refractivity contribution in [1.82, 2.24) is 5.32 Å². The van der Waals surface area contributed by atoms with E-state index in [-0.39, 0.29) is 43.0 Å². The molecule has 2 fully saturated rings. The lowest BCUT2D eigenvalue weighted by molar-refractivity contribution is -0.142. The minimum atomic E-state index is -0.527. The molecule has 0 bridgehead atoms. The Morgan fingerprint density at radius 3 is 2.71 bits per heavy atom. The second-order valence-corrected chi connectivity index (χ2v) is 9.64. The van der Waals surface area contributed by atoms with Crippen LogP contribution in [0.15, 0.2) is 42.5 Å². The Morgan fingerprint density at radius 2 is 1.94 bits per heavy atom. The number of amides is 2. The molecule has 2 heterocycles. The molecule has 2 aromatic carbocycles. The van der Waals surface area contributed by atoms with E-state index < -0.39 is 6.10 Å². The molecule has 0 spiro atoms. The van der Waals surface area contributed by atoms with E-state index in [1.807, 2.05) is 42.5 Å². The average Bonchev–Trinajstić information content (AvgIpc) is 3.60. The number of hydrogen-bond acceptors (Lipinski definition) is 6. The fourth-order valence-corrected chi connectivity index (χ4v) is 5.08. The van der Waals surface area contributed by atoms with Gasteiger partial charge in [-0.25, -0.2) is 0 Å². The van der Waals surface area contributed by atoms with Gasteiger partial charge >= 0.3 is 0 Å². The van der Waals surface area contributed by atoms with Crippen LogP contribution in [0.1, 0.15) is 49.1 Å². The molecule has 1 saturated heterocycles. The highest BCUT2D eigenvalue weighted by Crippen LogP contribution is 2.47. The number of rotatable bonds is 9. The first-order chi connectivity index (χ1) is 17.0. The van der Waals surface area contributed by atoms with Crippen molar-refractivity contribution in [3.63, 3.8) is 0 Å². The molecule has 5 rings (SSSR count). The molecule has 3 N–H and O–H groups in total. The van der Waals surface area contributed by atoms with Crippen LogP contribution in [0, 0.1) is 5.92 Å². The fourth-order valence-electron chi connectivity index (χ4n) is 5.08. The molecule has 35 heavy (non-hydrogen) atoms. The number of aliphatic hydroxyl groups excluding tert-OH is 1. The Kier molecular flexibility index (Phi) is 6.92. The Bertz CT molecular complexity index is 1090. The van der Waals surface area contributed by atoms with Gasteiger partial charge in [-0.05, 0) is 49.4 Å². The number of benzene rings is 2. The van der Waals surface area contributed by atoms with Crippen LogP contribution in [0.5, 0.6) is 11.5 Å². The fraction of sp³-hybridized carbons (Fsp3) is 0.481. The first kappa shape index (κ1) is 23.6. The molecular weight excluding hydrogens is 448 g/mol. The van der Waals surface area contributed by atoms with E-state index in [1.165, 1.54) is 0 Å². The van der Waals surface area contributed by atoms with E-state index in [2.05, 4.69) is 10.6 Å². The van der Waals surface area contributed by atoms with E-state index in [1.54, 1.807) is 7.11 Å². The third-order valence-electron chi connectivity index (χ3n) is 7.04. The zero-order valence-corrected chi connectivity index (χ0v) is 19.9. The summed E-state index contributed by atoms with van der Waals surface area (Å²) in [5.74, 6) is 1.87. The topological polar surface area (TPSA) is 106 Å². The molecule has 1 saturated carbocycles. The van der Waals surface area contributed by atoms with Crippen molar-refractivity contribution in [2.45, 2.75) is 62.9 Å². The van der Waals surface area contributed by atoms with Crippen LogP contribution >= 0.6 is 0 Å². The van der Waals surface area contributed by atoms with Crippen molar-refractivity contribution in [2.75, 3.05) is 19.0 Å². The third kappa shape index (κ3) is 5.44. The zero-order chi connectivity index (χ0) is 24.4. The molecule has 2 aromatic rings. The summed E-state index contributed by atoms with van der Waals surface area (Å²) in [6.45, 7) is 0.167. The number of aliphatic hydroxyl groups is 1. The van der Waals surface area contributed by atoms with Gasteiger partial charge < -0.3 is 30.0 Å². The molecule has 4 atom stereocenters. The number of nitrogens with one attached hydrogen (secondary N) is 2. The summed E-state index contributed by atoms with van der Waals surface area (Å²) in [4.78, 5) is 25.0. The maximum Gasteiger partial charge on any atom is 0.224 e. The van der Waals surface area contributed by atoms with Crippen LogP contribution in [-0.4, -0.2) is 48.9 Å². The van der Waals surface area contributed by atoms with Crippen LogP contribution < -0.4 is 20.1 Å². The number of para-hydroxylation sites is 1. The van der Waals surface area contributed by atoms with E-state index in [0.717, 1.165) is 41.2 Å². The van der Waals surface area contributed by atoms with Gasteiger partial charge in [0.2, 0.25) is 11.8 Å². The van der Waals surface area contributed by atoms with Crippen LogP contribution in [0.3, 0.4) is 0 Å². The Balaban J connectivity index is 1.23. The van der Waals surface area contributed by atoms with Gasteiger partial charge in [0.25, 0.3) is 0 Å². The van der Waals surface area contributed by atoms with Gasteiger partial charge in [-0.15, -0.1) is 0 Å². The van der Waals surface area contributed by atoms with E-state index >= 15 is 0 Å². The molecule has 8 heteroatoms. The van der Waals surface area contributed by atoms with Gasteiger partial charge in [0.05, 0.1) is 26.2 Å².